The summed E-state index contributed by atoms with van der Waals surface area (Å²) >= 11 is 0. The third-order valence-corrected chi connectivity index (χ3v) is 3.69. The molecule has 0 aliphatic heterocycles. The van der Waals surface area contributed by atoms with Crippen LogP contribution < -0.4 is 11.1 Å². The highest BCUT2D eigenvalue weighted by Gasteiger charge is 2.25. The van der Waals surface area contributed by atoms with Crippen LogP contribution in [-0.4, -0.2) is 22.4 Å². The second-order valence-electron chi connectivity index (χ2n) is 5.12. The van der Waals surface area contributed by atoms with Crippen molar-refractivity contribution in [2.24, 2.45) is 0 Å². The Morgan fingerprint density at radius 3 is 2.63 bits per heavy atom. The quantitative estimate of drug-likeness (QED) is 0.874. The Hall–Kier alpha value is -1.65. The number of hydrogen-bond acceptors (Lipinski definition) is 4. The van der Waals surface area contributed by atoms with Crippen molar-refractivity contribution >= 4 is 11.9 Å². The van der Waals surface area contributed by atoms with Crippen LogP contribution in [0, 0.1) is 6.92 Å². The number of carbonyl (C=O) groups is 1. The minimum atomic E-state index is -0.0828. The van der Waals surface area contributed by atoms with Crippen LogP contribution in [0.4, 0.5) is 5.95 Å². The molecular weight excluding hydrogens is 240 g/mol. The van der Waals surface area contributed by atoms with Gasteiger partial charge >= 0.3 is 0 Å². The molecule has 0 spiro atoms. The van der Waals surface area contributed by atoms with Crippen molar-refractivity contribution in [1.29, 1.82) is 0 Å². The fourth-order valence-electron chi connectivity index (χ4n) is 2.82. The minimum absolute atomic E-state index is 0.0828. The van der Waals surface area contributed by atoms with Gasteiger partial charge in [0.1, 0.15) is 0 Å². The van der Waals surface area contributed by atoms with Gasteiger partial charge in [0, 0.05) is 12.5 Å². The Kier molecular flexibility index (Phi) is 4.35. The van der Waals surface area contributed by atoms with Crippen LogP contribution in [0.15, 0.2) is 0 Å². The van der Waals surface area contributed by atoms with Gasteiger partial charge in [0.2, 0.25) is 5.95 Å². The first kappa shape index (κ1) is 13.8. The number of amides is 1. The summed E-state index contributed by atoms with van der Waals surface area (Å²) in [6, 6.07) is 0. The van der Waals surface area contributed by atoms with E-state index >= 15 is 0 Å². The van der Waals surface area contributed by atoms with Crippen LogP contribution in [0.2, 0.25) is 0 Å². The lowest BCUT2D eigenvalue weighted by Gasteiger charge is -2.23. The second kappa shape index (κ2) is 5.99. The first-order chi connectivity index (χ1) is 9.13. The van der Waals surface area contributed by atoms with Gasteiger partial charge in [-0.25, -0.2) is 9.97 Å². The number of nitrogens with one attached hydrogen (secondary N) is 1. The number of rotatable bonds is 3. The topological polar surface area (TPSA) is 80.9 Å². The monoisotopic (exact) mass is 262 g/mol. The van der Waals surface area contributed by atoms with Gasteiger partial charge in [-0.1, -0.05) is 19.3 Å². The van der Waals surface area contributed by atoms with Gasteiger partial charge in [-0.15, -0.1) is 0 Å². The number of carbonyl (C=O) groups excluding carboxylic acids is 1. The van der Waals surface area contributed by atoms with Gasteiger partial charge in [-0.3, -0.25) is 4.79 Å². The molecule has 1 aliphatic rings. The van der Waals surface area contributed by atoms with E-state index < -0.39 is 0 Å². The van der Waals surface area contributed by atoms with Crippen LogP contribution in [0.5, 0.6) is 0 Å². The molecule has 1 heterocycles. The maximum atomic E-state index is 12.2. The van der Waals surface area contributed by atoms with E-state index in [2.05, 4.69) is 15.3 Å². The van der Waals surface area contributed by atoms with Crippen LogP contribution in [-0.2, 0) is 0 Å². The summed E-state index contributed by atoms with van der Waals surface area (Å²) in [6.45, 7) is 4.34. The lowest BCUT2D eigenvalue weighted by molar-refractivity contribution is 0.0952. The molecule has 5 heteroatoms. The average molecular weight is 262 g/mol. The molecular formula is C14H22N4O. The molecule has 1 aliphatic carbocycles. The van der Waals surface area contributed by atoms with E-state index in [4.69, 9.17) is 5.73 Å². The third-order valence-electron chi connectivity index (χ3n) is 3.69. The van der Waals surface area contributed by atoms with E-state index in [0.717, 1.165) is 18.5 Å². The first-order valence-corrected chi connectivity index (χ1v) is 7.05. The normalized spacial score (nSPS) is 16.3. The molecule has 5 nitrogen and oxygen atoms in total. The van der Waals surface area contributed by atoms with E-state index in [1.165, 1.54) is 19.3 Å². The standard InChI is InChI=1S/C14H22N4O/c1-3-16-13(19)11-9(2)17-14(15)18-12(11)10-7-5-4-6-8-10/h10H,3-8H2,1-2H3,(H,16,19)(H2,15,17,18). The molecule has 1 fully saturated rings. The van der Waals surface area contributed by atoms with Crippen molar-refractivity contribution < 1.29 is 4.79 Å². The summed E-state index contributed by atoms with van der Waals surface area (Å²) < 4.78 is 0. The molecule has 0 aromatic carbocycles. The van der Waals surface area contributed by atoms with E-state index in [-0.39, 0.29) is 11.9 Å². The van der Waals surface area contributed by atoms with Crippen molar-refractivity contribution in [3.8, 4) is 0 Å². The van der Waals surface area contributed by atoms with Crippen molar-refractivity contribution in [3.05, 3.63) is 17.0 Å². The third kappa shape index (κ3) is 3.03. The van der Waals surface area contributed by atoms with Crippen LogP contribution in [0.3, 0.4) is 0 Å². The van der Waals surface area contributed by atoms with Crippen LogP contribution >= 0.6 is 0 Å². The maximum absolute atomic E-state index is 12.2. The summed E-state index contributed by atoms with van der Waals surface area (Å²) in [5, 5.41) is 2.84. The Morgan fingerprint density at radius 2 is 2.00 bits per heavy atom. The fourth-order valence-corrected chi connectivity index (χ4v) is 2.82. The zero-order valence-electron chi connectivity index (χ0n) is 11.7. The zero-order chi connectivity index (χ0) is 13.8. The molecule has 1 amide bonds. The predicted molar refractivity (Wildman–Crippen MR) is 75.0 cm³/mol. The second-order valence-corrected chi connectivity index (χ2v) is 5.12. The van der Waals surface area contributed by atoms with Gasteiger partial charge in [-0.05, 0) is 26.7 Å². The maximum Gasteiger partial charge on any atom is 0.254 e. The minimum Gasteiger partial charge on any atom is -0.368 e. The SMILES string of the molecule is CCNC(=O)c1c(C)nc(N)nc1C1CCCCC1. The number of nitrogens with zero attached hydrogens (tertiary/aromatic N) is 2. The number of aromatic nitrogens is 2. The van der Waals surface area contributed by atoms with Gasteiger partial charge in [0.25, 0.3) is 5.91 Å². The lowest BCUT2D eigenvalue weighted by Crippen LogP contribution is -2.27. The smallest absolute Gasteiger partial charge is 0.254 e. The first-order valence-electron chi connectivity index (χ1n) is 7.05. The predicted octanol–water partition coefficient (Wildman–Crippen LogP) is 2.16. The molecule has 0 bridgehead atoms. The van der Waals surface area contributed by atoms with Crippen molar-refractivity contribution in [2.75, 3.05) is 12.3 Å². The number of nitrogens with two attached hydrogens (primary N) is 1. The fraction of sp³-hybridized carbons (Fsp3) is 0.643. The van der Waals surface area contributed by atoms with Crippen LogP contribution in [0.25, 0.3) is 0 Å². The molecule has 104 valence electrons. The molecule has 0 atom stereocenters. The van der Waals surface area contributed by atoms with E-state index in [0.29, 0.717) is 23.7 Å². The molecule has 1 aromatic rings. The van der Waals surface area contributed by atoms with Gasteiger partial charge in [0.05, 0.1) is 17.0 Å². The summed E-state index contributed by atoms with van der Waals surface area (Å²) in [5.41, 5.74) is 7.91. The summed E-state index contributed by atoms with van der Waals surface area (Å²) in [4.78, 5) is 20.7. The summed E-state index contributed by atoms with van der Waals surface area (Å²) in [7, 11) is 0. The molecule has 0 saturated heterocycles. The molecule has 3 N–H and O–H groups in total. The van der Waals surface area contributed by atoms with E-state index in [1.807, 2.05) is 13.8 Å². The summed E-state index contributed by atoms with van der Waals surface area (Å²) in [5.74, 6) is 0.530. The average Bonchev–Trinajstić information content (AvgIpc) is 2.39. The zero-order valence-corrected chi connectivity index (χ0v) is 11.7. The number of aryl methyl sites for hydroxylation is 1. The Bertz CT molecular complexity index is 467. The van der Waals surface area contributed by atoms with Crippen molar-refractivity contribution in [2.45, 2.75) is 51.9 Å². The van der Waals surface area contributed by atoms with Gasteiger partial charge in [-0.2, -0.15) is 0 Å². The Morgan fingerprint density at radius 1 is 1.32 bits per heavy atom. The number of anilines is 1. The van der Waals surface area contributed by atoms with E-state index in [9.17, 15) is 4.79 Å². The molecule has 0 unspecified atom stereocenters. The summed E-state index contributed by atoms with van der Waals surface area (Å²) in [6.07, 6.45) is 5.84. The van der Waals surface area contributed by atoms with Crippen molar-refractivity contribution in [1.82, 2.24) is 15.3 Å². The number of nitrogen functional groups attached to an aromatic ring is 1. The molecule has 1 saturated carbocycles. The highest BCUT2D eigenvalue weighted by atomic mass is 16.1. The largest absolute Gasteiger partial charge is 0.368 e. The van der Waals surface area contributed by atoms with Gasteiger partial charge in [0.15, 0.2) is 0 Å². The molecule has 2 rings (SSSR count). The Labute approximate surface area is 114 Å². The number of hydrogen-bond donors (Lipinski definition) is 2. The van der Waals surface area contributed by atoms with Gasteiger partial charge < -0.3 is 11.1 Å². The molecule has 1 aromatic heterocycles. The van der Waals surface area contributed by atoms with Crippen molar-refractivity contribution in [3.63, 3.8) is 0 Å². The highest BCUT2D eigenvalue weighted by Crippen LogP contribution is 2.34. The highest BCUT2D eigenvalue weighted by molar-refractivity contribution is 5.96. The Balaban J connectivity index is 2.41. The molecule has 0 radical (unpaired) electrons. The lowest BCUT2D eigenvalue weighted by atomic mass is 9.84. The van der Waals surface area contributed by atoms with Crippen LogP contribution in [0.1, 0.15) is 66.7 Å². The van der Waals surface area contributed by atoms with E-state index in [1.54, 1.807) is 0 Å². The molecule has 19 heavy (non-hydrogen) atoms.